The third-order valence-electron chi connectivity index (χ3n) is 18.9. The Kier molecular flexibility index (Phi) is 19.3. The number of piperidine rings is 2. The number of anilines is 3. The van der Waals surface area contributed by atoms with E-state index in [0.717, 1.165) is 78.3 Å². The van der Waals surface area contributed by atoms with Gasteiger partial charge in [0.25, 0.3) is 5.91 Å². The van der Waals surface area contributed by atoms with Crippen LogP contribution in [0, 0.1) is 34.5 Å². The number of allylic oxidation sites excluding steroid dienone is 1. The van der Waals surface area contributed by atoms with Crippen molar-refractivity contribution < 1.29 is 48.3 Å². The average molecular weight is 1190 g/mol. The van der Waals surface area contributed by atoms with Crippen LogP contribution in [0.4, 0.5) is 16.6 Å². The lowest BCUT2D eigenvalue weighted by atomic mass is 9.54. The van der Waals surface area contributed by atoms with Crippen molar-refractivity contribution in [3.05, 3.63) is 83.2 Å². The molecule has 85 heavy (non-hydrogen) atoms. The van der Waals surface area contributed by atoms with Gasteiger partial charge < -0.3 is 66.8 Å². The molecule has 5 heterocycles. The molecule has 6 aliphatic rings. The molecule has 3 aliphatic heterocycles. The highest BCUT2D eigenvalue weighted by Crippen LogP contribution is 2.73. The molecular weight excluding hydrogens is 1100 g/mol. The number of amides is 3. The number of aliphatic hydroxyl groups excluding tert-OH is 1. The van der Waals surface area contributed by atoms with E-state index in [9.17, 15) is 29.4 Å². The van der Waals surface area contributed by atoms with Crippen molar-refractivity contribution in [1.29, 1.82) is 0 Å². The van der Waals surface area contributed by atoms with Crippen LogP contribution in [0.3, 0.4) is 0 Å². The number of nitrogens with zero attached hydrogens (tertiary/aromatic N) is 6. The smallest absolute Gasteiger partial charge is 0.355 e. The van der Waals surface area contributed by atoms with Crippen LogP contribution in [-0.4, -0.2) is 169 Å². The summed E-state index contributed by atoms with van der Waals surface area (Å²) in [6.07, 6.45) is 6.56. The number of benzene rings is 2. The minimum Gasteiger partial charge on any atom is -0.476 e. The highest BCUT2D eigenvalue weighted by atomic mass is 32.1. The summed E-state index contributed by atoms with van der Waals surface area (Å²) in [6.45, 7) is 15.1. The molecule has 3 saturated carbocycles. The zero-order valence-corrected chi connectivity index (χ0v) is 50.5. The fraction of sp³-hybridized carbons (Fsp3) is 0.597. The van der Waals surface area contributed by atoms with Gasteiger partial charge in [0.05, 0.1) is 74.4 Å². The molecule has 460 valence electrons. The van der Waals surface area contributed by atoms with Gasteiger partial charge in [0.2, 0.25) is 11.8 Å². The predicted octanol–water partition coefficient (Wildman–Crippen LogP) is 6.02. The molecule has 0 spiro atoms. The number of likely N-dealkylation sites (N-methyl/N-ethyl adjacent to an activating group) is 1. The summed E-state index contributed by atoms with van der Waals surface area (Å²) in [4.78, 5) is 70.6. The van der Waals surface area contributed by atoms with Crippen LogP contribution in [0.15, 0.2) is 65.8 Å². The maximum Gasteiger partial charge on any atom is 0.355 e. The molecule has 0 radical (unpaired) electrons. The van der Waals surface area contributed by atoms with Crippen LogP contribution in [0.1, 0.15) is 124 Å². The van der Waals surface area contributed by atoms with Crippen molar-refractivity contribution in [2.45, 2.75) is 116 Å². The number of hydrogen-bond donors (Lipinski definition) is 8. The number of rotatable bonds is 28. The SMILES string of the molecule is CC(=NCC12CC(C)CC3(OCCN(C)CCOCCOCCOCCNc4cccc5c4C(O)N(C4CCC(=O)NC4=O)C5=O)CC(C)(CC13)C2)/C(=C\N)c1ccc(N2CCCC(C(C)C(N)Nc3nc4ccccc4s3)C2N)nc1C(=O)O. The number of aliphatic imine (C=N–C) groups is 1. The zero-order chi connectivity index (χ0) is 60.2. The minimum absolute atomic E-state index is 0.00758. The van der Waals surface area contributed by atoms with Gasteiger partial charge in [-0.3, -0.25) is 29.6 Å². The Hall–Kier alpha value is -6.15. The number of hydrogen-bond acceptors (Lipinski definition) is 20. The zero-order valence-electron chi connectivity index (χ0n) is 49.7. The molecule has 22 nitrogen and oxygen atoms in total. The lowest BCUT2D eigenvalue weighted by Crippen LogP contribution is -2.56. The monoisotopic (exact) mass is 1190 g/mol. The average Bonchev–Trinajstić information content (AvgIpc) is 1.59. The van der Waals surface area contributed by atoms with Gasteiger partial charge in [-0.05, 0) is 136 Å². The number of aromatic carboxylic acids is 1. The Balaban J connectivity index is 0.648. The molecule has 2 bridgehead atoms. The summed E-state index contributed by atoms with van der Waals surface area (Å²) in [5, 5.41) is 31.5. The lowest BCUT2D eigenvalue weighted by Gasteiger charge is -2.56. The highest BCUT2D eigenvalue weighted by molar-refractivity contribution is 7.22. The fourth-order valence-corrected chi connectivity index (χ4v) is 16.1. The van der Waals surface area contributed by atoms with Gasteiger partial charge in [0, 0.05) is 79.0 Å². The van der Waals surface area contributed by atoms with Crippen molar-refractivity contribution in [3.8, 4) is 0 Å². The van der Waals surface area contributed by atoms with Gasteiger partial charge in [-0.25, -0.2) is 14.8 Å². The molecule has 10 rings (SSSR count). The molecule has 5 fully saturated rings. The van der Waals surface area contributed by atoms with Crippen LogP contribution in [0.2, 0.25) is 0 Å². The molecule has 2 aromatic heterocycles. The third-order valence-corrected chi connectivity index (χ3v) is 19.8. The van der Waals surface area contributed by atoms with E-state index in [1.807, 2.05) is 42.2 Å². The first-order valence-electron chi connectivity index (χ1n) is 30.2. The summed E-state index contributed by atoms with van der Waals surface area (Å²) in [6, 6.07) is 15.8. The van der Waals surface area contributed by atoms with E-state index in [4.69, 9.17) is 51.1 Å². The van der Waals surface area contributed by atoms with E-state index >= 15 is 0 Å². The topological polar surface area (TPSA) is 308 Å². The van der Waals surface area contributed by atoms with Crippen molar-refractivity contribution in [2.75, 3.05) is 102 Å². The third kappa shape index (κ3) is 13.3. The Labute approximate surface area is 501 Å². The van der Waals surface area contributed by atoms with Crippen LogP contribution in [0.25, 0.3) is 15.8 Å². The molecule has 11 N–H and O–H groups in total. The van der Waals surface area contributed by atoms with Gasteiger partial charge in [0.1, 0.15) is 11.9 Å². The molecule has 4 aromatic rings. The summed E-state index contributed by atoms with van der Waals surface area (Å²) in [5.41, 5.74) is 23.8. The Morgan fingerprint density at radius 1 is 0.976 bits per heavy atom. The van der Waals surface area contributed by atoms with E-state index in [1.165, 1.54) is 6.20 Å². The second-order valence-electron chi connectivity index (χ2n) is 25.0. The molecule has 11 atom stereocenters. The summed E-state index contributed by atoms with van der Waals surface area (Å²) < 4.78 is 25.6. The number of pyridine rings is 1. The van der Waals surface area contributed by atoms with Crippen molar-refractivity contribution in [3.63, 3.8) is 0 Å². The fourth-order valence-electron chi connectivity index (χ4n) is 15.2. The van der Waals surface area contributed by atoms with Crippen LogP contribution < -0.4 is 38.1 Å². The molecule has 11 unspecified atom stereocenters. The standard InChI is InChI=1S/C62H86N12O10S/c1-37-30-61(36-67-39(3)43(33-63)41-15-17-49(69-52(41)58(79)80)73-20-9-11-40(54(73)65)38(2)53(64)71-59-68-44-12-6-7-14-47(44)85-59)34-60(4)32-48(61)62(31-37,35-60)84-25-22-72(5)21-24-82-27-29-83-28-26-81-23-19-66-45-13-8-10-42-51(45)57(78)74(56(42)77)46-16-18-50(75)70-55(46)76/h6-8,10,12-15,17,33,37-38,40,46,48,53-54,57,66,78H,9,11,16,18-32,34-36,63-65H2,1-5H3,(H,68,71)(H,79,80)(H,70,75,76)/b43-33+,67-39?. The quantitative estimate of drug-likeness (QED) is 0.0139. The number of fused-ring (bicyclic) bond motifs is 3. The number of carbonyl (C=O) groups excluding carboxylic acids is 3. The first kappa shape index (κ1) is 61.9. The summed E-state index contributed by atoms with van der Waals surface area (Å²) in [5.74, 6) is -1.30. The number of carbonyl (C=O) groups is 4. The number of aliphatic hydroxyl groups is 1. The molecule has 3 amide bonds. The highest BCUT2D eigenvalue weighted by Gasteiger charge is 2.70. The number of nitrogens with two attached hydrogens (primary N) is 3. The second kappa shape index (κ2) is 26.4. The molecule has 2 aromatic carbocycles. The van der Waals surface area contributed by atoms with Crippen molar-refractivity contribution in [2.24, 2.45) is 56.7 Å². The largest absolute Gasteiger partial charge is 0.476 e. The number of nitrogens with one attached hydrogen (secondary N) is 3. The van der Waals surface area contributed by atoms with E-state index in [0.29, 0.717) is 117 Å². The maximum absolute atomic E-state index is 13.2. The predicted molar refractivity (Wildman–Crippen MR) is 327 cm³/mol. The number of imide groups is 1. The van der Waals surface area contributed by atoms with Gasteiger partial charge in [-0.15, -0.1) is 0 Å². The number of thiazole rings is 1. The number of aromatic nitrogens is 2. The van der Waals surface area contributed by atoms with Crippen LogP contribution in [-0.2, 0) is 28.5 Å². The van der Waals surface area contributed by atoms with E-state index in [-0.39, 0.29) is 46.8 Å². The van der Waals surface area contributed by atoms with E-state index in [2.05, 4.69) is 48.7 Å². The minimum atomic E-state index is -1.32. The normalized spacial score (nSPS) is 28.3. The second-order valence-corrected chi connectivity index (χ2v) is 26.0. The van der Waals surface area contributed by atoms with Crippen molar-refractivity contribution >= 4 is 73.2 Å². The number of carboxylic acids is 1. The first-order chi connectivity index (χ1) is 40.8. The number of para-hydroxylation sites is 1. The van der Waals surface area contributed by atoms with Crippen molar-refractivity contribution in [1.82, 2.24) is 25.1 Å². The molecule has 23 heteroatoms. The van der Waals surface area contributed by atoms with Gasteiger partial charge in [0.15, 0.2) is 17.1 Å². The van der Waals surface area contributed by atoms with Crippen LogP contribution >= 0.6 is 11.3 Å². The maximum atomic E-state index is 13.2. The molecule has 3 aliphatic carbocycles. The van der Waals surface area contributed by atoms with E-state index in [1.54, 1.807) is 35.6 Å². The molecule has 2 saturated heterocycles. The van der Waals surface area contributed by atoms with Gasteiger partial charge >= 0.3 is 5.97 Å². The van der Waals surface area contributed by atoms with Crippen LogP contribution in [0.5, 0.6) is 0 Å². The summed E-state index contributed by atoms with van der Waals surface area (Å²) >= 11 is 1.57. The number of carboxylic acid groups (broad SMARTS) is 1. The Morgan fingerprint density at radius 2 is 1.73 bits per heavy atom. The Bertz CT molecular complexity index is 3110. The first-order valence-corrected chi connectivity index (χ1v) is 31.0. The van der Waals surface area contributed by atoms with E-state index < -0.39 is 48.3 Å². The molecular formula is C62H86N12O10S. The summed E-state index contributed by atoms with van der Waals surface area (Å²) in [7, 11) is 2.09. The number of ether oxygens (including phenoxy) is 4. The Morgan fingerprint density at radius 3 is 2.47 bits per heavy atom. The van der Waals surface area contributed by atoms with Gasteiger partial charge in [-0.2, -0.15) is 0 Å². The van der Waals surface area contributed by atoms with Gasteiger partial charge in [-0.1, -0.05) is 50.3 Å². The lowest BCUT2D eigenvalue weighted by molar-refractivity contribution is -0.169.